The molecule has 1 saturated heterocycles. The standard InChI is InChI=1S/C20H18ClN7OS/c21-14-5-3-6-15(11-14)28-13-22-25-20(28)30-12-18(29)26-10-4-7-16(26)19-24-23-17-8-1-2-9-27(17)19/h1-3,5-6,8-9,11,13,16H,4,7,10,12H2/t16-/m1/s1. The first-order valence-electron chi connectivity index (χ1n) is 9.58. The van der Waals surface area contributed by atoms with Gasteiger partial charge in [0.25, 0.3) is 0 Å². The smallest absolute Gasteiger partial charge is 0.233 e. The molecule has 0 unspecified atom stereocenters. The van der Waals surface area contributed by atoms with Crippen molar-refractivity contribution in [1.82, 2.24) is 34.3 Å². The Morgan fingerprint density at radius 1 is 1.17 bits per heavy atom. The Bertz CT molecular complexity index is 1210. The maximum absolute atomic E-state index is 13.1. The first kappa shape index (κ1) is 19.1. The van der Waals surface area contributed by atoms with E-state index < -0.39 is 0 Å². The number of benzene rings is 1. The fraction of sp³-hybridized carbons (Fsp3) is 0.250. The van der Waals surface area contributed by atoms with Gasteiger partial charge in [0.05, 0.1) is 17.5 Å². The molecule has 1 fully saturated rings. The summed E-state index contributed by atoms with van der Waals surface area (Å²) in [5.41, 5.74) is 1.65. The van der Waals surface area contributed by atoms with Crippen molar-refractivity contribution in [3.63, 3.8) is 0 Å². The number of carbonyl (C=O) groups excluding carboxylic acids is 1. The number of rotatable bonds is 5. The average molecular weight is 440 g/mol. The summed E-state index contributed by atoms with van der Waals surface area (Å²) in [4.78, 5) is 15.0. The van der Waals surface area contributed by atoms with Crippen molar-refractivity contribution in [3.05, 3.63) is 65.8 Å². The number of likely N-dealkylation sites (tertiary alicyclic amines) is 1. The molecule has 1 amide bonds. The van der Waals surface area contributed by atoms with E-state index in [0.29, 0.717) is 16.7 Å². The van der Waals surface area contributed by atoms with Gasteiger partial charge in [-0.2, -0.15) is 0 Å². The van der Waals surface area contributed by atoms with Gasteiger partial charge in [0.1, 0.15) is 6.33 Å². The molecule has 0 aliphatic carbocycles. The third-order valence-corrected chi connectivity index (χ3v) is 6.30. The number of amides is 1. The highest BCUT2D eigenvalue weighted by Gasteiger charge is 2.33. The van der Waals surface area contributed by atoms with Crippen molar-refractivity contribution in [2.75, 3.05) is 12.3 Å². The van der Waals surface area contributed by atoms with E-state index in [2.05, 4.69) is 20.4 Å². The van der Waals surface area contributed by atoms with Crippen LogP contribution in [0, 0.1) is 0 Å². The van der Waals surface area contributed by atoms with E-state index in [1.165, 1.54) is 11.8 Å². The van der Waals surface area contributed by atoms with Crippen LogP contribution >= 0.6 is 23.4 Å². The molecule has 4 heterocycles. The van der Waals surface area contributed by atoms with Crippen LogP contribution in [0.3, 0.4) is 0 Å². The molecule has 4 aromatic rings. The van der Waals surface area contributed by atoms with Crippen molar-refractivity contribution < 1.29 is 4.79 Å². The molecule has 1 aliphatic heterocycles. The van der Waals surface area contributed by atoms with Crippen LogP contribution in [0.1, 0.15) is 24.7 Å². The molecule has 0 spiro atoms. The largest absolute Gasteiger partial charge is 0.332 e. The monoisotopic (exact) mass is 439 g/mol. The van der Waals surface area contributed by atoms with E-state index in [9.17, 15) is 4.79 Å². The van der Waals surface area contributed by atoms with Gasteiger partial charge in [0, 0.05) is 17.8 Å². The maximum atomic E-state index is 13.1. The minimum Gasteiger partial charge on any atom is -0.332 e. The molecule has 0 bridgehead atoms. The van der Waals surface area contributed by atoms with Gasteiger partial charge >= 0.3 is 0 Å². The van der Waals surface area contributed by atoms with Gasteiger partial charge < -0.3 is 4.90 Å². The van der Waals surface area contributed by atoms with Gasteiger partial charge in [-0.05, 0) is 43.2 Å². The number of carbonyl (C=O) groups is 1. The normalized spacial score (nSPS) is 16.4. The molecule has 0 saturated carbocycles. The summed E-state index contributed by atoms with van der Waals surface area (Å²) in [5.74, 6) is 1.13. The van der Waals surface area contributed by atoms with Crippen LogP contribution < -0.4 is 0 Å². The molecule has 1 aromatic carbocycles. The van der Waals surface area contributed by atoms with Gasteiger partial charge in [-0.1, -0.05) is 35.5 Å². The van der Waals surface area contributed by atoms with E-state index in [0.717, 1.165) is 30.0 Å². The number of aromatic nitrogens is 6. The molecular formula is C20H18ClN7OS. The van der Waals surface area contributed by atoms with E-state index >= 15 is 0 Å². The highest BCUT2D eigenvalue weighted by molar-refractivity contribution is 7.99. The summed E-state index contributed by atoms with van der Waals surface area (Å²) in [7, 11) is 0. The molecule has 0 radical (unpaired) electrons. The molecule has 1 aliphatic rings. The summed E-state index contributed by atoms with van der Waals surface area (Å²) < 4.78 is 3.79. The Kier molecular flexibility index (Phi) is 5.14. The quantitative estimate of drug-likeness (QED) is 0.443. The van der Waals surface area contributed by atoms with Crippen molar-refractivity contribution in [3.8, 4) is 5.69 Å². The van der Waals surface area contributed by atoms with Gasteiger partial charge in [-0.15, -0.1) is 20.4 Å². The van der Waals surface area contributed by atoms with Crippen molar-refractivity contribution in [2.24, 2.45) is 0 Å². The first-order valence-corrected chi connectivity index (χ1v) is 10.9. The van der Waals surface area contributed by atoms with Crippen molar-refractivity contribution >= 4 is 34.9 Å². The van der Waals surface area contributed by atoms with Crippen LogP contribution in [0.5, 0.6) is 0 Å². The predicted octanol–water partition coefficient (Wildman–Crippen LogP) is 3.42. The Hall–Kier alpha value is -2.91. The molecule has 30 heavy (non-hydrogen) atoms. The molecule has 3 aromatic heterocycles. The lowest BCUT2D eigenvalue weighted by Crippen LogP contribution is -2.33. The Morgan fingerprint density at radius 2 is 2.10 bits per heavy atom. The second-order valence-corrected chi connectivity index (χ2v) is 8.36. The summed E-state index contributed by atoms with van der Waals surface area (Å²) in [6.07, 6.45) is 5.39. The minimum absolute atomic E-state index is 0.0517. The van der Waals surface area contributed by atoms with Crippen LogP contribution in [0.2, 0.25) is 5.02 Å². The van der Waals surface area contributed by atoms with Crippen LogP contribution in [-0.4, -0.2) is 52.5 Å². The van der Waals surface area contributed by atoms with Gasteiger partial charge in [-0.3, -0.25) is 13.8 Å². The SMILES string of the molecule is O=C(CSc1nncn1-c1cccc(Cl)c1)N1CCC[C@@H]1c1nnc2ccccn12. The zero-order chi connectivity index (χ0) is 20.5. The molecule has 0 N–H and O–H groups in total. The molecule has 10 heteroatoms. The summed E-state index contributed by atoms with van der Waals surface area (Å²) in [5, 5.41) is 18.0. The molecule has 8 nitrogen and oxygen atoms in total. The molecule has 1 atom stereocenters. The second-order valence-electron chi connectivity index (χ2n) is 6.98. The predicted molar refractivity (Wildman–Crippen MR) is 114 cm³/mol. The van der Waals surface area contributed by atoms with Crippen molar-refractivity contribution in [2.45, 2.75) is 24.0 Å². The zero-order valence-corrected chi connectivity index (χ0v) is 17.5. The van der Waals surface area contributed by atoms with E-state index in [4.69, 9.17) is 11.6 Å². The summed E-state index contributed by atoms with van der Waals surface area (Å²) >= 11 is 7.46. The van der Waals surface area contributed by atoms with Gasteiger partial charge in [-0.25, -0.2) is 0 Å². The van der Waals surface area contributed by atoms with Crippen LogP contribution in [-0.2, 0) is 4.79 Å². The van der Waals surface area contributed by atoms with E-state index in [-0.39, 0.29) is 17.7 Å². The summed E-state index contributed by atoms with van der Waals surface area (Å²) in [6, 6.07) is 13.2. The molecular weight excluding hydrogens is 422 g/mol. The number of hydrogen-bond acceptors (Lipinski definition) is 6. The number of nitrogens with zero attached hydrogens (tertiary/aromatic N) is 7. The highest BCUT2D eigenvalue weighted by Crippen LogP contribution is 2.32. The first-order chi connectivity index (χ1) is 14.7. The minimum atomic E-state index is -0.0682. The van der Waals surface area contributed by atoms with E-state index in [1.54, 1.807) is 6.33 Å². The topological polar surface area (TPSA) is 81.2 Å². The van der Waals surface area contributed by atoms with Crippen molar-refractivity contribution in [1.29, 1.82) is 0 Å². The Balaban J connectivity index is 1.32. The number of fused-ring (bicyclic) bond motifs is 1. The maximum Gasteiger partial charge on any atom is 0.233 e. The fourth-order valence-corrected chi connectivity index (χ4v) is 4.76. The highest BCUT2D eigenvalue weighted by atomic mass is 35.5. The summed E-state index contributed by atoms with van der Waals surface area (Å²) in [6.45, 7) is 0.715. The van der Waals surface area contributed by atoms with Crippen LogP contribution in [0.4, 0.5) is 0 Å². The number of pyridine rings is 1. The number of hydrogen-bond donors (Lipinski definition) is 0. The number of thioether (sulfide) groups is 1. The lowest BCUT2D eigenvalue weighted by Gasteiger charge is -2.23. The fourth-order valence-electron chi connectivity index (χ4n) is 3.76. The Labute approximate surface area is 181 Å². The van der Waals surface area contributed by atoms with Crippen LogP contribution in [0.25, 0.3) is 11.3 Å². The second kappa shape index (κ2) is 8.08. The lowest BCUT2D eigenvalue weighted by molar-refractivity contribution is -0.129. The average Bonchev–Trinajstić information content (AvgIpc) is 3.50. The Morgan fingerprint density at radius 3 is 3.00 bits per heavy atom. The van der Waals surface area contributed by atoms with Gasteiger partial charge in [0.2, 0.25) is 5.91 Å². The molecule has 5 rings (SSSR count). The zero-order valence-electron chi connectivity index (χ0n) is 15.9. The molecule has 152 valence electrons. The van der Waals surface area contributed by atoms with E-state index in [1.807, 2.05) is 62.5 Å². The lowest BCUT2D eigenvalue weighted by atomic mass is 10.2. The third kappa shape index (κ3) is 3.54. The van der Waals surface area contributed by atoms with Crippen LogP contribution in [0.15, 0.2) is 60.1 Å². The number of halogens is 1. The van der Waals surface area contributed by atoms with Gasteiger partial charge in [0.15, 0.2) is 16.6 Å². The third-order valence-electron chi connectivity index (χ3n) is 5.14.